The van der Waals surface area contributed by atoms with E-state index in [4.69, 9.17) is 5.73 Å². The van der Waals surface area contributed by atoms with Crippen LogP contribution in [0.1, 0.15) is 11.1 Å². The summed E-state index contributed by atoms with van der Waals surface area (Å²) in [6, 6.07) is 12.1. The molecule has 1 atom stereocenters. The molecule has 2 aromatic carbocycles. The van der Waals surface area contributed by atoms with Gasteiger partial charge in [-0.1, -0.05) is 12.1 Å². The summed E-state index contributed by atoms with van der Waals surface area (Å²) in [6.45, 7) is 1.90. The first-order chi connectivity index (χ1) is 8.56. The minimum Gasteiger partial charge on any atom is -0.508 e. The van der Waals surface area contributed by atoms with Crippen molar-refractivity contribution in [3.8, 4) is 5.75 Å². The van der Waals surface area contributed by atoms with Crippen molar-refractivity contribution in [1.29, 1.82) is 0 Å². The molecule has 0 bridgehead atoms. The van der Waals surface area contributed by atoms with Crippen molar-refractivity contribution in [1.82, 2.24) is 0 Å². The molecule has 18 heavy (non-hydrogen) atoms. The van der Waals surface area contributed by atoms with Gasteiger partial charge in [0.1, 0.15) is 5.75 Å². The zero-order valence-electron chi connectivity index (χ0n) is 10.1. The molecule has 3 nitrogen and oxygen atoms in total. The van der Waals surface area contributed by atoms with E-state index in [0.29, 0.717) is 11.4 Å². The highest BCUT2D eigenvalue weighted by Gasteiger charge is 2.08. The van der Waals surface area contributed by atoms with Crippen LogP contribution in [0.2, 0.25) is 0 Å². The van der Waals surface area contributed by atoms with Gasteiger partial charge in [0, 0.05) is 10.6 Å². The standard InChI is InChI=1S/C14H15NO2S/c1-10-8-12(15)4-7-14(10)18(17)9-11-2-5-13(16)6-3-11/h2-8,16H,9,15H2,1H3. The van der Waals surface area contributed by atoms with Gasteiger partial charge in [-0.05, 0) is 48.4 Å². The van der Waals surface area contributed by atoms with E-state index in [-0.39, 0.29) is 5.75 Å². The molecular formula is C14H15NO2S. The summed E-state index contributed by atoms with van der Waals surface area (Å²) in [5, 5.41) is 9.19. The number of nitrogens with two attached hydrogens (primary N) is 1. The average molecular weight is 261 g/mol. The van der Waals surface area contributed by atoms with Crippen LogP contribution in [0, 0.1) is 6.92 Å². The molecule has 2 rings (SSSR count). The Balaban J connectivity index is 2.19. The van der Waals surface area contributed by atoms with E-state index in [2.05, 4.69) is 0 Å². The summed E-state index contributed by atoms with van der Waals surface area (Å²) >= 11 is 0. The number of aryl methyl sites for hydroxylation is 1. The van der Waals surface area contributed by atoms with Crippen LogP contribution in [0.15, 0.2) is 47.4 Å². The molecular weight excluding hydrogens is 246 g/mol. The number of hydrogen-bond acceptors (Lipinski definition) is 3. The molecule has 0 aliphatic heterocycles. The highest BCUT2D eigenvalue weighted by Crippen LogP contribution is 2.20. The monoisotopic (exact) mass is 261 g/mol. The molecule has 0 saturated carbocycles. The summed E-state index contributed by atoms with van der Waals surface area (Å²) in [7, 11) is -1.10. The van der Waals surface area contributed by atoms with Crippen molar-refractivity contribution >= 4 is 16.5 Å². The van der Waals surface area contributed by atoms with Crippen LogP contribution in [0.3, 0.4) is 0 Å². The second-order valence-corrected chi connectivity index (χ2v) is 5.60. The maximum atomic E-state index is 12.2. The Hall–Kier alpha value is -1.81. The van der Waals surface area contributed by atoms with Crippen LogP contribution in [0.25, 0.3) is 0 Å². The number of hydrogen-bond donors (Lipinski definition) is 2. The minimum atomic E-state index is -1.10. The lowest BCUT2D eigenvalue weighted by atomic mass is 10.2. The molecule has 0 saturated heterocycles. The van der Waals surface area contributed by atoms with Crippen LogP contribution in [-0.4, -0.2) is 9.32 Å². The van der Waals surface area contributed by atoms with Gasteiger partial charge in [0.25, 0.3) is 0 Å². The van der Waals surface area contributed by atoms with Crippen LogP contribution >= 0.6 is 0 Å². The van der Waals surface area contributed by atoms with E-state index in [1.165, 1.54) is 0 Å². The van der Waals surface area contributed by atoms with Crippen molar-refractivity contribution in [2.75, 3.05) is 5.73 Å². The number of rotatable bonds is 3. The molecule has 0 fully saturated rings. The molecule has 0 amide bonds. The number of aromatic hydroxyl groups is 1. The van der Waals surface area contributed by atoms with E-state index in [1.807, 2.05) is 13.0 Å². The lowest BCUT2D eigenvalue weighted by Crippen LogP contribution is -1.99. The molecule has 0 radical (unpaired) electrons. The predicted octanol–water partition coefficient (Wildman–Crippen LogP) is 2.59. The summed E-state index contributed by atoms with van der Waals surface area (Å²) in [5.41, 5.74) is 8.22. The van der Waals surface area contributed by atoms with Gasteiger partial charge in [-0.25, -0.2) is 0 Å². The van der Waals surface area contributed by atoms with Gasteiger partial charge < -0.3 is 10.8 Å². The number of nitrogen functional groups attached to an aromatic ring is 1. The zero-order valence-corrected chi connectivity index (χ0v) is 10.9. The van der Waals surface area contributed by atoms with Crippen molar-refractivity contribution in [3.63, 3.8) is 0 Å². The second-order valence-electron chi connectivity index (χ2n) is 4.18. The molecule has 0 aliphatic rings. The molecule has 0 heterocycles. The van der Waals surface area contributed by atoms with E-state index >= 15 is 0 Å². The highest BCUT2D eigenvalue weighted by atomic mass is 32.2. The Morgan fingerprint density at radius 2 is 1.83 bits per heavy atom. The molecule has 1 unspecified atom stereocenters. The van der Waals surface area contributed by atoms with Gasteiger partial charge in [0.05, 0.1) is 16.6 Å². The minimum absolute atomic E-state index is 0.216. The van der Waals surface area contributed by atoms with Crippen molar-refractivity contribution < 1.29 is 9.32 Å². The second kappa shape index (κ2) is 5.23. The van der Waals surface area contributed by atoms with Gasteiger partial charge in [-0.15, -0.1) is 0 Å². The molecule has 0 aliphatic carbocycles. The summed E-state index contributed by atoms with van der Waals surface area (Å²) in [6.07, 6.45) is 0. The van der Waals surface area contributed by atoms with E-state index in [1.54, 1.807) is 36.4 Å². The molecule has 94 valence electrons. The molecule has 0 spiro atoms. The Morgan fingerprint density at radius 3 is 2.44 bits per heavy atom. The van der Waals surface area contributed by atoms with Gasteiger partial charge >= 0.3 is 0 Å². The zero-order chi connectivity index (χ0) is 13.1. The lowest BCUT2D eigenvalue weighted by Gasteiger charge is -2.07. The maximum Gasteiger partial charge on any atom is 0.115 e. The predicted molar refractivity (Wildman–Crippen MR) is 73.8 cm³/mol. The number of anilines is 1. The Morgan fingerprint density at radius 1 is 1.17 bits per heavy atom. The first-order valence-electron chi connectivity index (χ1n) is 5.58. The quantitative estimate of drug-likeness (QED) is 0.835. The van der Waals surface area contributed by atoms with E-state index < -0.39 is 10.8 Å². The van der Waals surface area contributed by atoms with Crippen LogP contribution in [-0.2, 0) is 16.6 Å². The first-order valence-corrected chi connectivity index (χ1v) is 6.90. The summed E-state index contributed by atoms with van der Waals surface area (Å²) in [5.74, 6) is 0.651. The summed E-state index contributed by atoms with van der Waals surface area (Å²) in [4.78, 5) is 0.803. The fourth-order valence-electron chi connectivity index (χ4n) is 1.75. The molecule has 0 aromatic heterocycles. The van der Waals surface area contributed by atoms with Crippen molar-refractivity contribution in [2.24, 2.45) is 0 Å². The molecule has 3 N–H and O–H groups in total. The number of benzene rings is 2. The number of phenolic OH excluding ortho intramolecular Hbond substituents is 1. The fraction of sp³-hybridized carbons (Fsp3) is 0.143. The fourth-order valence-corrected chi connectivity index (χ4v) is 3.04. The third-order valence-corrected chi connectivity index (χ3v) is 4.22. The summed E-state index contributed by atoms with van der Waals surface area (Å²) < 4.78 is 12.2. The normalized spacial score (nSPS) is 12.3. The van der Waals surface area contributed by atoms with Crippen LogP contribution < -0.4 is 5.73 Å². The Labute approximate surface area is 109 Å². The SMILES string of the molecule is Cc1cc(N)ccc1S(=O)Cc1ccc(O)cc1. The largest absolute Gasteiger partial charge is 0.508 e. The van der Waals surface area contributed by atoms with Crippen LogP contribution in [0.5, 0.6) is 5.75 Å². The third-order valence-electron chi connectivity index (χ3n) is 2.68. The van der Waals surface area contributed by atoms with Crippen LogP contribution in [0.4, 0.5) is 5.69 Å². The van der Waals surface area contributed by atoms with Gasteiger partial charge in [-0.2, -0.15) is 0 Å². The van der Waals surface area contributed by atoms with Gasteiger partial charge in [-0.3, -0.25) is 4.21 Å². The smallest absolute Gasteiger partial charge is 0.115 e. The average Bonchev–Trinajstić information content (AvgIpc) is 2.32. The Kier molecular flexibility index (Phi) is 3.67. The Bertz CT molecular complexity index is 579. The lowest BCUT2D eigenvalue weighted by molar-refractivity contribution is 0.475. The highest BCUT2D eigenvalue weighted by molar-refractivity contribution is 7.84. The van der Waals surface area contributed by atoms with Crippen molar-refractivity contribution in [3.05, 3.63) is 53.6 Å². The van der Waals surface area contributed by atoms with E-state index in [9.17, 15) is 9.32 Å². The van der Waals surface area contributed by atoms with Crippen molar-refractivity contribution in [2.45, 2.75) is 17.6 Å². The third kappa shape index (κ3) is 2.90. The molecule has 2 aromatic rings. The van der Waals surface area contributed by atoms with E-state index in [0.717, 1.165) is 16.0 Å². The van der Waals surface area contributed by atoms with Gasteiger partial charge in [0.2, 0.25) is 0 Å². The molecule has 4 heteroatoms. The maximum absolute atomic E-state index is 12.2. The first kappa shape index (κ1) is 12.6. The van der Waals surface area contributed by atoms with Gasteiger partial charge in [0.15, 0.2) is 0 Å². The topological polar surface area (TPSA) is 63.3 Å². The number of phenols is 1.